The van der Waals surface area contributed by atoms with Crippen LogP contribution in [0.2, 0.25) is 0 Å². The van der Waals surface area contributed by atoms with Gasteiger partial charge in [0.15, 0.2) is 5.41 Å². The lowest BCUT2D eigenvalue weighted by Gasteiger charge is -2.35. The van der Waals surface area contributed by atoms with Gasteiger partial charge in [-0.2, -0.15) is 0 Å². The van der Waals surface area contributed by atoms with E-state index in [1.54, 1.807) is 13.2 Å². The number of carbonyl (C=O) groups is 2. The van der Waals surface area contributed by atoms with Crippen molar-refractivity contribution in [2.24, 2.45) is 5.41 Å². The molecule has 0 saturated heterocycles. The van der Waals surface area contributed by atoms with E-state index in [0.717, 1.165) is 22.2 Å². The molecule has 0 saturated carbocycles. The molecule has 0 fully saturated rings. The molecule has 0 amide bonds. The second-order valence-corrected chi connectivity index (χ2v) is 6.22. The first kappa shape index (κ1) is 17.1. The van der Waals surface area contributed by atoms with E-state index in [1.807, 2.05) is 18.2 Å². The Morgan fingerprint density at radius 1 is 1.24 bits per heavy atom. The maximum absolute atomic E-state index is 12.5. The van der Waals surface area contributed by atoms with Gasteiger partial charge in [0.05, 0.1) is 21.3 Å². The van der Waals surface area contributed by atoms with Crippen LogP contribution in [-0.4, -0.2) is 38.3 Å². The number of esters is 2. The van der Waals surface area contributed by atoms with Crippen LogP contribution >= 0.6 is 0 Å². The van der Waals surface area contributed by atoms with Crippen molar-refractivity contribution in [3.05, 3.63) is 42.1 Å². The Morgan fingerprint density at radius 2 is 1.92 bits per heavy atom. The average molecular weight is 343 g/mol. The Kier molecular flexibility index (Phi) is 4.29. The van der Waals surface area contributed by atoms with Crippen LogP contribution in [0.4, 0.5) is 0 Å². The first-order chi connectivity index (χ1) is 12.0. The number of hydrogen-bond acceptors (Lipinski definition) is 5. The molecule has 0 bridgehead atoms. The molecule has 1 aromatic carbocycles. The van der Waals surface area contributed by atoms with Crippen molar-refractivity contribution in [2.45, 2.75) is 18.8 Å². The van der Waals surface area contributed by atoms with Gasteiger partial charge in [-0.1, -0.05) is 6.08 Å². The number of hydrogen-bond donors (Lipinski definition) is 1. The van der Waals surface area contributed by atoms with Crippen LogP contribution in [0.15, 0.2) is 30.9 Å². The predicted octanol–water partition coefficient (Wildman–Crippen LogP) is 2.72. The normalized spacial score (nSPS) is 18.3. The summed E-state index contributed by atoms with van der Waals surface area (Å²) in [5, 5.41) is 0.915. The SMILES string of the molecule is C=C[C@H]1CC(C(=O)OC)(C(=O)OC)Cc2c1[nH]c1ccc(OC)cc21. The first-order valence-corrected chi connectivity index (χ1v) is 7.98. The molecule has 1 aromatic heterocycles. The third-order valence-corrected chi connectivity index (χ3v) is 5.00. The molecular formula is C19H21NO5. The minimum Gasteiger partial charge on any atom is -0.497 e. The smallest absolute Gasteiger partial charge is 0.323 e. The van der Waals surface area contributed by atoms with Crippen molar-refractivity contribution in [2.75, 3.05) is 21.3 Å². The fourth-order valence-electron chi connectivity index (χ4n) is 3.72. The number of benzene rings is 1. The predicted molar refractivity (Wildman–Crippen MR) is 92.6 cm³/mol. The summed E-state index contributed by atoms with van der Waals surface area (Å²) in [6, 6.07) is 5.68. The number of allylic oxidation sites excluding steroid dienone is 1. The van der Waals surface area contributed by atoms with E-state index in [1.165, 1.54) is 14.2 Å². The standard InChI is InChI=1S/C19H21NO5/c1-5-11-9-19(17(21)24-3,18(22)25-4)10-14-13-8-12(23-2)6-7-15(13)20-16(11)14/h5-8,11,20H,1,9-10H2,2-4H3/t11-/m0/s1. The van der Waals surface area contributed by atoms with Gasteiger partial charge in [0.2, 0.25) is 0 Å². The number of aromatic nitrogens is 1. The number of H-pyrrole nitrogens is 1. The van der Waals surface area contributed by atoms with Crippen LogP contribution in [0.5, 0.6) is 5.75 Å². The van der Waals surface area contributed by atoms with Gasteiger partial charge in [0, 0.05) is 28.9 Å². The monoisotopic (exact) mass is 343 g/mol. The van der Waals surface area contributed by atoms with Gasteiger partial charge >= 0.3 is 11.9 Å². The van der Waals surface area contributed by atoms with Gasteiger partial charge < -0.3 is 19.2 Å². The second kappa shape index (κ2) is 6.27. The van der Waals surface area contributed by atoms with Gasteiger partial charge in [0.1, 0.15) is 5.75 Å². The summed E-state index contributed by atoms with van der Waals surface area (Å²) in [5.74, 6) is -0.666. The molecule has 1 atom stereocenters. The zero-order valence-electron chi connectivity index (χ0n) is 14.5. The molecule has 1 heterocycles. The van der Waals surface area contributed by atoms with E-state index >= 15 is 0 Å². The zero-order valence-corrected chi connectivity index (χ0v) is 14.5. The van der Waals surface area contributed by atoms with Gasteiger partial charge in [-0.15, -0.1) is 6.58 Å². The van der Waals surface area contributed by atoms with Crippen molar-refractivity contribution in [3.8, 4) is 5.75 Å². The zero-order chi connectivity index (χ0) is 18.2. The number of ether oxygens (including phenoxy) is 3. The van der Waals surface area contributed by atoms with Crippen molar-refractivity contribution in [1.82, 2.24) is 4.98 Å². The largest absolute Gasteiger partial charge is 0.497 e. The molecule has 6 nitrogen and oxygen atoms in total. The number of nitrogens with one attached hydrogen (secondary N) is 1. The van der Waals surface area contributed by atoms with E-state index in [4.69, 9.17) is 14.2 Å². The Labute approximate surface area is 145 Å². The number of fused-ring (bicyclic) bond motifs is 3. The molecule has 1 aliphatic rings. The van der Waals surface area contributed by atoms with Crippen LogP contribution in [-0.2, 0) is 25.5 Å². The second-order valence-electron chi connectivity index (χ2n) is 6.22. The lowest BCUT2D eigenvalue weighted by Crippen LogP contribution is -2.46. The van der Waals surface area contributed by atoms with E-state index in [-0.39, 0.29) is 18.8 Å². The summed E-state index contributed by atoms with van der Waals surface area (Å²) >= 11 is 0. The highest BCUT2D eigenvalue weighted by Crippen LogP contribution is 2.47. The Hall–Kier alpha value is -2.76. The molecular weight excluding hydrogens is 322 g/mol. The number of carbonyl (C=O) groups excluding carboxylic acids is 2. The van der Waals surface area contributed by atoms with Crippen molar-refractivity contribution >= 4 is 22.8 Å². The molecule has 2 aromatic rings. The molecule has 3 rings (SSSR count). The topological polar surface area (TPSA) is 77.6 Å². The third kappa shape index (κ3) is 2.49. The van der Waals surface area contributed by atoms with Gasteiger partial charge in [0.25, 0.3) is 0 Å². The van der Waals surface area contributed by atoms with Crippen LogP contribution in [0.25, 0.3) is 10.9 Å². The molecule has 0 spiro atoms. The summed E-state index contributed by atoms with van der Waals surface area (Å²) in [6.45, 7) is 3.87. The van der Waals surface area contributed by atoms with E-state index in [9.17, 15) is 9.59 Å². The summed E-state index contributed by atoms with van der Waals surface area (Å²) in [4.78, 5) is 28.5. The van der Waals surface area contributed by atoms with Crippen LogP contribution in [0.3, 0.4) is 0 Å². The fourth-order valence-corrected chi connectivity index (χ4v) is 3.72. The summed E-state index contributed by atoms with van der Waals surface area (Å²) in [5.41, 5.74) is 1.39. The lowest BCUT2D eigenvalue weighted by atomic mass is 9.68. The lowest BCUT2D eigenvalue weighted by molar-refractivity contribution is -0.170. The summed E-state index contributed by atoms with van der Waals surface area (Å²) in [6.07, 6.45) is 2.21. The van der Waals surface area contributed by atoms with Crippen LogP contribution < -0.4 is 4.74 Å². The van der Waals surface area contributed by atoms with Crippen molar-refractivity contribution < 1.29 is 23.8 Å². The highest BCUT2D eigenvalue weighted by molar-refractivity contribution is 6.02. The maximum atomic E-state index is 12.5. The number of aromatic amines is 1. The molecule has 1 aliphatic carbocycles. The molecule has 6 heteroatoms. The van der Waals surface area contributed by atoms with Gasteiger partial charge in [-0.3, -0.25) is 9.59 Å². The van der Waals surface area contributed by atoms with Gasteiger partial charge in [-0.05, 0) is 30.2 Å². The molecule has 0 radical (unpaired) electrons. The number of rotatable bonds is 4. The van der Waals surface area contributed by atoms with Crippen LogP contribution in [0.1, 0.15) is 23.6 Å². The molecule has 1 N–H and O–H groups in total. The Bertz CT molecular complexity index is 835. The highest BCUT2D eigenvalue weighted by Gasteiger charge is 2.53. The minimum absolute atomic E-state index is 0.194. The maximum Gasteiger partial charge on any atom is 0.323 e. The Balaban J connectivity index is 2.24. The summed E-state index contributed by atoms with van der Waals surface area (Å²) < 4.78 is 15.2. The molecule has 0 aliphatic heterocycles. The fraction of sp³-hybridized carbons (Fsp3) is 0.368. The molecule has 0 unspecified atom stereocenters. The molecule has 132 valence electrons. The Morgan fingerprint density at radius 3 is 2.48 bits per heavy atom. The van der Waals surface area contributed by atoms with Crippen molar-refractivity contribution in [1.29, 1.82) is 0 Å². The van der Waals surface area contributed by atoms with E-state index in [2.05, 4.69) is 11.6 Å². The first-order valence-electron chi connectivity index (χ1n) is 7.98. The minimum atomic E-state index is -1.38. The molecule has 25 heavy (non-hydrogen) atoms. The highest BCUT2D eigenvalue weighted by atomic mass is 16.5. The third-order valence-electron chi connectivity index (χ3n) is 5.00. The van der Waals surface area contributed by atoms with Gasteiger partial charge in [-0.25, -0.2) is 0 Å². The quantitative estimate of drug-likeness (QED) is 0.525. The number of methoxy groups -OCH3 is 3. The van der Waals surface area contributed by atoms with E-state index < -0.39 is 17.4 Å². The van der Waals surface area contributed by atoms with E-state index in [0.29, 0.717) is 5.75 Å². The van der Waals surface area contributed by atoms with Crippen molar-refractivity contribution in [3.63, 3.8) is 0 Å². The summed E-state index contributed by atoms with van der Waals surface area (Å²) in [7, 11) is 4.16. The van der Waals surface area contributed by atoms with Crippen LogP contribution in [0, 0.1) is 5.41 Å². The average Bonchev–Trinajstić information content (AvgIpc) is 3.03.